The van der Waals surface area contributed by atoms with E-state index >= 15 is 0 Å². The molecule has 0 saturated carbocycles. The highest BCUT2D eigenvalue weighted by atomic mass is 16.5. The summed E-state index contributed by atoms with van der Waals surface area (Å²) in [5.41, 5.74) is 0. The second-order valence-electron chi connectivity index (χ2n) is 7.13. The number of carbonyl (C=O) groups excluding carboxylic acids is 1. The molecule has 1 aromatic heterocycles. The quantitative estimate of drug-likeness (QED) is 0.305. The van der Waals surface area contributed by atoms with Crippen LogP contribution in [0.1, 0.15) is 96.0 Å². The number of aryl methyl sites for hydroxylation is 2. The van der Waals surface area contributed by atoms with Gasteiger partial charge in [-0.25, -0.2) is 0 Å². The van der Waals surface area contributed by atoms with Gasteiger partial charge in [-0.3, -0.25) is 4.79 Å². The van der Waals surface area contributed by atoms with E-state index in [2.05, 4.69) is 13.0 Å². The first-order valence-electron chi connectivity index (χ1n) is 10.6. The Hall–Kier alpha value is -1.29. The Kier molecular flexibility index (Phi) is 13.0. The largest absolute Gasteiger partial charge is 0.466 e. The Labute approximate surface area is 159 Å². The molecular weight excluding hydrogens is 328 g/mol. The number of unbranched alkanes of at least 4 members (excludes halogenated alkanes) is 6. The van der Waals surface area contributed by atoms with Crippen LogP contribution in [0.5, 0.6) is 0 Å². The molecular formula is C22H38O4. The van der Waals surface area contributed by atoms with Gasteiger partial charge >= 0.3 is 5.97 Å². The maximum atomic E-state index is 11.2. The smallest absolute Gasteiger partial charge is 0.305 e. The fourth-order valence-corrected chi connectivity index (χ4v) is 3.11. The summed E-state index contributed by atoms with van der Waals surface area (Å²) in [5.74, 6) is 1.96. The summed E-state index contributed by atoms with van der Waals surface area (Å²) in [6.45, 7) is 4.50. The lowest BCUT2D eigenvalue weighted by Crippen LogP contribution is -2.07. The second-order valence-corrected chi connectivity index (χ2v) is 7.13. The van der Waals surface area contributed by atoms with Crippen molar-refractivity contribution in [1.29, 1.82) is 0 Å². The number of aliphatic hydroxyl groups is 1. The molecule has 0 aliphatic rings. The zero-order chi connectivity index (χ0) is 19.0. The molecule has 0 aromatic carbocycles. The number of hydrogen-bond acceptors (Lipinski definition) is 4. The van der Waals surface area contributed by atoms with Crippen LogP contribution in [0.2, 0.25) is 0 Å². The van der Waals surface area contributed by atoms with Crippen LogP contribution in [-0.4, -0.2) is 23.8 Å². The number of rotatable bonds is 16. The lowest BCUT2D eigenvalue weighted by Gasteiger charge is -2.08. The number of furan rings is 1. The van der Waals surface area contributed by atoms with Crippen LogP contribution in [0.4, 0.5) is 0 Å². The molecule has 4 nitrogen and oxygen atoms in total. The maximum absolute atomic E-state index is 11.2. The Balaban J connectivity index is 2.04. The summed E-state index contributed by atoms with van der Waals surface area (Å²) in [4.78, 5) is 11.2. The second kappa shape index (κ2) is 14.8. The molecule has 1 N–H and O–H groups in total. The van der Waals surface area contributed by atoms with Crippen molar-refractivity contribution in [3.8, 4) is 0 Å². The highest BCUT2D eigenvalue weighted by molar-refractivity contribution is 5.69. The average Bonchev–Trinajstić information content (AvgIpc) is 3.07. The fourth-order valence-electron chi connectivity index (χ4n) is 3.11. The van der Waals surface area contributed by atoms with Crippen molar-refractivity contribution in [3.63, 3.8) is 0 Å². The molecule has 0 saturated heterocycles. The van der Waals surface area contributed by atoms with Crippen molar-refractivity contribution in [1.82, 2.24) is 0 Å². The van der Waals surface area contributed by atoms with Crippen LogP contribution in [-0.2, 0) is 22.4 Å². The average molecular weight is 367 g/mol. The molecule has 1 atom stereocenters. The van der Waals surface area contributed by atoms with E-state index in [-0.39, 0.29) is 12.1 Å². The summed E-state index contributed by atoms with van der Waals surface area (Å²) in [6, 6.07) is 4.12. The minimum Gasteiger partial charge on any atom is -0.466 e. The number of hydrogen-bond donors (Lipinski definition) is 1. The van der Waals surface area contributed by atoms with Crippen molar-refractivity contribution in [2.45, 2.75) is 103 Å². The lowest BCUT2D eigenvalue weighted by molar-refractivity contribution is -0.143. The Bertz CT molecular complexity index is 466. The molecule has 26 heavy (non-hydrogen) atoms. The number of ether oxygens (including phenoxy) is 1. The minimum atomic E-state index is -0.204. The van der Waals surface area contributed by atoms with Crippen molar-refractivity contribution in [2.24, 2.45) is 0 Å². The van der Waals surface area contributed by atoms with Gasteiger partial charge in [0.2, 0.25) is 0 Å². The van der Waals surface area contributed by atoms with Crippen molar-refractivity contribution in [3.05, 3.63) is 23.7 Å². The SMILES string of the molecule is CCCCCC(O)CCc1ccc(CCCCCCCC(=O)OCC)o1. The van der Waals surface area contributed by atoms with Crippen LogP contribution in [0.15, 0.2) is 16.5 Å². The van der Waals surface area contributed by atoms with Gasteiger partial charge in [-0.15, -0.1) is 0 Å². The standard InChI is InChI=1S/C22H38O4/c1-3-5-9-12-19(23)15-16-21-18-17-20(26-21)13-10-7-6-8-11-14-22(24)25-4-2/h17-19,23H,3-16H2,1-2H3. The Morgan fingerprint density at radius 2 is 1.65 bits per heavy atom. The first kappa shape index (κ1) is 22.8. The monoisotopic (exact) mass is 366 g/mol. The molecule has 0 aliphatic carbocycles. The maximum Gasteiger partial charge on any atom is 0.305 e. The zero-order valence-electron chi connectivity index (χ0n) is 16.8. The third kappa shape index (κ3) is 11.3. The molecule has 0 bridgehead atoms. The molecule has 1 heterocycles. The van der Waals surface area contributed by atoms with Crippen molar-refractivity contribution < 1.29 is 19.1 Å². The third-order valence-electron chi connectivity index (χ3n) is 4.69. The predicted molar refractivity (Wildman–Crippen MR) is 105 cm³/mol. The molecule has 0 aliphatic heterocycles. The molecule has 0 radical (unpaired) electrons. The molecule has 4 heteroatoms. The van der Waals surface area contributed by atoms with Gasteiger partial charge in [0, 0.05) is 19.3 Å². The molecule has 0 amide bonds. The van der Waals surface area contributed by atoms with E-state index in [9.17, 15) is 9.90 Å². The van der Waals surface area contributed by atoms with E-state index < -0.39 is 0 Å². The van der Waals surface area contributed by atoms with Crippen LogP contribution in [0.25, 0.3) is 0 Å². The normalized spacial score (nSPS) is 12.3. The molecule has 0 spiro atoms. The highest BCUT2D eigenvalue weighted by Crippen LogP contribution is 2.16. The van der Waals surface area contributed by atoms with E-state index in [4.69, 9.17) is 9.15 Å². The van der Waals surface area contributed by atoms with Gasteiger partial charge in [-0.1, -0.05) is 45.4 Å². The number of aliphatic hydroxyl groups excluding tert-OH is 1. The Morgan fingerprint density at radius 1 is 0.962 bits per heavy atom. The molecule has 150 valence electrons. The van der Waals surface area contributed by atoms with E-state index in [0.29, 0.717) is 13.0 Å². The molecule has 1 aromatic rings. The van der Waals surface area contributed by atoms with Crippen LogP contribution in [0, 0.1) is 0 Å². The van der Waals surface area contributed by atoms with Crippen molar-refractivity contribution in [2.75, 3.05) is 6.61 Å². The van der Waals surface area contributed by atoms with Crippen LogP contribution >= 0.6 is 0 Å². The molecule has 1 rings (SSSR count). The highest BCUT2D eigenvalue weighted by Gasteiger charge is 2.07. The van der Waals surface area contributed by atoms with Gasteiger partial charge in [0.15, 0.2) is 0 Å². The van der Waals surface area contributed by atoms with Gasteiger partial charge in [0.1, 0.15) is 11.5 Å². The molecule has 0 fully saturated rings. The molecule has 1 unspecified atom stereocenters. The predicted octanol–water partition coefficient (Wildman–Crippen LogP) is 5.60. The van der Waals surface area contributed by atoms with Gasteiger partial charge in [0.05, 0.1) is 12.7 Å². The summed E-state index contributed by atoms with van der Waals surface area (Å²) >= 11 is 0. The van der Waals surface area contributed by atoms with Gasteiger partial charge < -0.3 is 14.3 Å². The summed E-state index contributed by atoms with van der Waals surface area (Å²) in [6.07, 6.45) is 12.8. The first-order valence-corrected chi connectivity index (χ1v) is 10.6. The van der Waals surface area contributed by atoms with E-state index in [1.54, 1.807) is 0 Å². The Morgan fingerprint density at radius 3 is 2.38 bits per heavy atom. The lowest BCUT2D eigenvalue weighted by atomic mass is 10.1. The van der Waals surface area contributed by atoms with E-state index in [0.717, 1.165) is 75.7 Å². The van der Waals surface area contributed by atoms with Crippen LogP contribution in [0.3, 0.4) is 0 Å². The topological polar surface area (TPSA) is 59.7 Å². The summed E-state index contributed by atoms with van der Waals surface area (Å²) in [7, 11) is 0. The summed E-state index contributed by atoms with van der Waals surface area (Å²) in [5, 5.41) is 9.98. The number of esters is 1. The van der Waals surface area contributed by atoms with Crippen LogP contribution < -0.4 is 0 Å². The van der Waals surface area contributed by atoms with E-state index in [1.807, 2.05) is 13.0 Å². The zero-order valence-corrected chi connectivity index (χ0v) is 16.8. The van der Waals surface area contributed by atoms with Gasteiger partial charge in [-0.2, -0.15) is 0 Å². The summed E-state index contributed by atoms with van der Waals surface area (Å²) < 4.78 is 10.8. The first-order chi connectivity index (χ1) is 12.7. The fraction of sp³-hybridized carbons (Fsp3) is 0.773. The van der Waals surface area contributed by atoms with Crippen molar-refractivity contribution >= 4 is 5.97 Å². The third-order valence-corrected chi connectivity index (χ3v) is 4.69. The number of carbonyl (C=O) groups is 1. The van der Waals surface area contributed by atoms with Gasteiger partial charge in [0.25, 0.3) is 0 Å². The van der Waals surface area contributed by atoms with E-state index in [1.165, 1.54) is 12.8 Å². The minimum absolute atomic E-state index is 0.0777. The van der Waals surface area contributed by atoms with Gasteiger partial charge in [-0.05, 0) is 44.7 Å².